The first-order valence-electron chi connectivity index (χ1n) is 7.20. The lowest BCUT2D eigenvalue weighted by Gasteiger charge is -2.26. The first-order chi connectivity index (χ1) is 9.00. The molecule has 1 unspecified atom stereocenters. The van der Waals surface area contributed by atoms with Gasteiger partial charge in [-0.25, -0.2) is 0 Å². The lowest BCUT2D eigenvalue weighted by atomic mass is 9.91. The van der Waals surface area contributed by atoms with Crippen molar-refractivity contribution < 1.29 is 9.59 Å². The summed E-state index contributed by atoms with van der Waals surface area (Å²) in [5.41, 5.74) is 0.247. The van der Waals surface area contributed by atoms with Crippen molar-refractivity contribution in [3.8, 4) is 0 Å². The fraction of sp³-hybridized carbons (Fsp3) is 0.857. The van der Waals surface area contributed by atoms with Gasteiger partial charge in [0.05, 0.1) is 6.54 Å². The van der Waals surface area contributed by atoms with Crippen LogP contribution in [0.1, 0.15) is 26.2 Å². The summed E-state index contributed by atoms with van der Waals surface area (Å²) in [5.74, 6) is 0.333. The first-order valence-corrected chi connectivity index (χ1v) is 7.20. The summed E-state index contributed by atoms with van der Waals surface area (Å²) in [4.78, 5) is 27.5. The summed E-state index contributed by atoms with van der Waals surface area (Å²) in [6, 6.07) is 0. The van der Waals surface area contributed by atoms with E-state index >= 15 is 0 Å². The van der Waals surface area contributed by atoms with Crippen LogP contribution in [0.5, 0.6) is 0 Å². The molecule has 1 aliphatic carbocycles. The van der Waals surface area contributed by atoms with Crippen molar-refractivity contribution in [3.63, 3.8) is 0 Å². The summed E-state index contributed by atoms with van der Waals surface area (Å²) in [5, 5.41) is 3.34. The molecule has 0 bridgehead atoms. The maximum absolute atomic E-state index is 12.5. The molecule has 0 aromatic carbocycles. The highest BCUT2D eigenvalue weighted by Gasteiger charge is 2.58. The summed E-state index contributed by atoms with van der Waals surface area (Å²) < 4.78 is 0. The SMILES string of the molecule is CCN(CC(=O)N(C)C)C(=O)C1CC12CCNCC2. The Labute approximate surface area is 115 Å². The van der Waals surface area contributed by atoms with E-state index in [1.165, 1.54) is 0 Å². The van der Waals surface area contributed by atoms with E-state index in [-0.39, 0.29) is 29.7 Å². The molecule has 1 spiro atoms. The molecule has 2 rings (SSSR count). The van der Waals surface area contributed by atoms with E-state index in [4.69, 9.17) is 0 Å². The third-order valence-electron chi connectivity index (χ3n) is 4.61. The minimum absolute atomic E-state index is 0.00443. The molecule has 0 aromatic rings. The van der Waals surface area contributed by atoms with Gasteiger partial charge in [0.2, 0.25) is 11.8 Å². The fourth-order valence-corrected chi connectivity index (χ4v) is 3.04. The fourth-order valence-electron chi connectivity index (χ4n) is 3.04. The maximum atomic E-state index is 12.5. The van der Waals surface area contributed by atoms with Crippen LogP contribution in [0.3, 0.4) is 0 Å². The maximum Gasteiger partial charge on any atom is 0.241 e. The van der Waals surface area contributed by atoms with Crippen LogP contribution in [-0.2, 0) is 9.59 Å². The predicted molar refractivity (Wildman–Crippen MR) is 73.6 cm³/mol. The van der Waals surface area contributed by atoms with Crippen LogP contribution in [0.4, 0.5) is 0 Å². The smallest absolute Gasteiger partial charge is 0.241 e. The van der Waals surface area contributed by atoms with Gasteiger partial charge in [-0.15, -0.1) is 0 Å². The molecule has 19 heavy (non-hydrogen) atoms. The van der Waals surface area contributed by atoms with Gasteiger partial charge in [-0.2, -0.15) is 0 Å². The standard InChI is InChI=1S/C14H25N3O2/c1-4-17(10-12(18)16(2)3)13(19)11-9-14(11)5-7-15-8-6-14/h11,15H,4-10H2,1-3H3. The van der Waals surface area contributed by atoms with Crippen molar-refractivity contribution in [1.29, 1.82) is 0 Å². The van der Waals surface area contributed by atoms with Gasteiger partial charge in [-0.05, 0) is 44.7 Å². The highest BCUT2D eigenvalue weighted by molar-refractivity contribution is 5.87. The van der Waals surface area contributed by atoms with Crippen LogP contribution < -0.4 is 5.32 Å². The third kappa shape index (κ3) is 2.91. The van der Waals surface area contributed by atoms with Crippen molar-refractivity contribution in [1.82, 2.24) is 15.1 Å². The molecule has 5 nitrogen and oxygen atoms in total. The second-order valence-electron chi connectivity index (χ2n) is 6.01. The molecule has 1 saturated heterocycles. The number of hydrogen-bond donors (Lipinski definition) is 1. The van der Waals surface area contributed by atoms with E-state index in [2.05, 4.69) is 5.32 Å². The van der Waals surface area contributed by atoms with Gasteiger partial charge in [0.25, 0.3) is 0 Å². The molecule has 2 amide bonds. The van der Waals surface area contributed by atoms with Gasteiger partial charge in [0.15, 0.2) is 0 Å². The molecular weight excluding hydrogens is 242 g/mol. The Hall–Kier alpha value is -1.10. The molecule has 1 aliphatic heterocycles. The first kappa shape index (κ1) is 14.3. The average Bonchev–Trinajstić information content (AvgIpc) is 3.09. The number of likely N-dealkylation sites (N-methyl/N-ethyl adjacent to an activating group) is 2. The Kier molecular flexibility index (Phi) is 4.13. The molecular formula is C14H25N3O2. The zero-order valence-corrected chi connectivity index (χ0v) is 12.2. The normalized spacial score (nSPS) is 24.1. The molecule has 2 fully saturated rings. The van der Waals surface area contributed by atoms with Gasteiger partial charge in [-0.1, -0.05) is 0 Å². The van der Waals surface area contributed by atoms with Crippen LogP contribution >= 0.6 is 0 Å². The van der Waals surface area contributed by atoms with Crippen LogP contribution in [0.2, 0.25) is 0 Å². The molecule has 1 heterocycles. The quantitative estimate of drug-likeness (QED) is 0.798. The van der Waals surface area contributed by atoms with E-state index in [9.17, 15) is 9.59 Å². The molecule has 0 radical (unpaired) electrons. The van der Waals surface area contributed by atoms with Crippen LogP contribution in [0.15, 0.2) is 0 Å². The summed E-state index contributed by atoms with van der Waals surface area (Å²) >= 11 is 0. The number of nitrogens with zero attached hydrogens (tertiary/aromatic N) is 2. The van der Waals surface area contributed by atoms with Gasteiger partial charge < -0.3 is 15.1 Å². The zero-order chi connectivity index (χ0) is 14.0. The molecule has 2 aliphatic rings. The number of hydrogen-bond acceptors (Lipinski definition) is 3. The zero-order valence-electron chi connectivity index (χ0n) is 12.2. The van der Waals surface area contributed by atoms with E-state index < -0.39 is 0 Å². The van der Waals surface area contributed by atoms with Crippen molar-refractivity contribution in [2.45, 2.75) is 26.2 Å². The van der Waals surface area contributed by atoms with Gasteiger partial charge >= 0.3 is 0 Å². The number of piperidine rings is 1. The average molecular weight is 267 g/mol. The van der Waals surface area contributed by atoms with Gasteiger partial charge in [0.1, 0.15) is 0 Å². The van der Waals surface area contributed by atoms with Crippen molar-refractivity contribution in [2.75, 3.05) is 40.3 Å². The number of amides is 2. The van der Waals surface area contributed by atoms with Crippen molar-refractivity contribution in [2.24, 2.45) is 11.3 Å². The van der Waals surface area contributed by atoms with E-state index in [1.54, 1.807) is 23.9 Å². The number of carbonyl (C=O) groups excluding carboxylic acids is 2. The summed E-state index contributed by atoms with van der Waals surface area (Å²) in [6.45, 7) is 4.81. The Morgan fingerprint density at radius 2 is 1.89 bits per heavy atom. The second kappa shape index (κ2) is 5.49. The Morgan fingerprint density at radius 1 is 1.26 bits per heavy atom. The summed E-state index contributed by atoms with van der Waals surface area (Å²) in [7, 11) is 3.46. The summed E-state index contributed by atoms with van der Waals surface area (Å²) in [6.07, 6.45) is 3.21. The second-order valence-corrected chi connectivity index (χ2v) is 6.01. The van der Waals surface area contributed by atoms with Crippen LogP contribution in [0, 0.1) is 11.3 Å². The Balaban J connectivity index is 1.93. The Morgan fingerprint density at radius 3 is 2.42 bits per heavy atom. The van der Waals surface area contributed by atoms with E-state index in [0.29, 0.717) is 6.54 Å². The Bertz CT molecular complexity index is 362. The van der Waals surface area contributed by atoms with E-state index in [0.717, 1.165) is 32.4 Å². The molecule has 1 saturated carbocycles. The highest BCUT2D eigenvalue weighted by atomic mass is 16.2. The van der Waals surface area contributed by atoms with Crippen molar-refractivity contribution >= 4 is 11.8 Å². The number of rotatable bonds is 4. The molecule has 0 aromatic heterocycles. The van der Waals surface area contributed by atoms with Gasteiger partial charge in [-0.3, -0.25) is 9.59 Å². The van der Waals surface area contributed by atoms with Crippen LogP contribution in [0.25, 0.3) is 0 Å². The molecule has 5 heteroatoms. The minimum Gasteiger partial charge on any atom is -0.347 e. The lowest BCUT2D eigenvalue weighted by molar-refractivity contribution is -0.140. The lowest BCUT2D eigenvalue weighted by Crippen LogP contribution is -2.42. The van der Waals surface area contributed by atoms with Gasteiger partial charge in [0, 0.05) is 26.6 Å². The number of carbonyl (C=O) groups is 2. The number of nitrogens with one attached hydrogen (secondary N) is 1. The topological polar surface area (TPSA) is 52.7 Å². The largest absolute Gasteiger partial charge is 0.347 e. The molecule has 1 N–H and O–H groups in total. The van der Waals surface area contributed by atoms with E-state index in [1.807, 2.05) is 6.92 Å². The molecule has 108 valence electrons. The van der Waals surface area contributed by atoms with Crippen molar-refractivity contribution in [3.05, 3.63) is 0 Å². The predicted octanol–water partition coefficient (Wildman–Crippen LogP) is 0.313. The third-order valence-corrected chi connectivity index (χ3v) is 4.61. The monoisotopic (exact) mass is 267 g/mol. The minimum atomic E-state index is -0.00443. The van der Waals surface area contributed by atoms with Crippen LogP contribution in [-0.4, -0.2) is 61.9 Å². The highest BCUT2D eigenvalue weighted by Crippen LogP contribution is 2.59. The molecule has 1 atom stereocenters.